The third-order valence-corrected chi connectivity index (χ3v) is 2.98. The van der Waals surface area contributed by atoms with Crippen molar-refractivity contribution in [2.75, 3.05) is 0 Å². The van der Waals surface area contributed by atoms with Crippen molar-refractivity contribution in [2.24, 2.45) is 5.73 Å². The molecule has 0 spiro atoms. The predicted octanol–water partition coefficient (Wildman–Crippen LogP) is 4.36. The van der Waals surface area contributed by atoms with Gasteiger partial charge in [-0.3, -0.25) is 0 Å². The van der Waals surface area contributed by atoms with Gasteiger partial charge < -0.3 is 10.5 Å². The van der Waals surface area contributed by atoms with Gasteiger partial charge >= 0.3 is 6.36 Å². The summed E-state index contributed by atoms with van der Waals surface area (Å²) >= 11 is 6.09. The average molecular weight is 302 g/mol. The monoisotopic (exact) mass is 301 g/mol. The molecule has 0 fully saturated rings. The van der Waals surface area contributed by atoms with Crippen LogP contribution >= 0.6 is 11.6 Å². The van der Waals surface area contributed by atoms with E-state index >= 15 is 0 Å². The van der Waals surface area contributed by atoms with Gasteiger partial charge in [0.1, 0.15) is 5.75 Å². The third kappa shape index (κ3) is 3.43. The Hall–Kier alpha value is -1.72. The average Bonchev–Trinajstić information content (AvgIpc) is 2.38. The van der Waals surface area contributed by atoms with Crippen LogP contribution in [0.1, 0.15) is 5.56 Å². The molecule has 0 atom stereocenters. The predicted molar refractivity (Wildman–Crippen MR) is 71.5 cm³/mol. The summed E-state index contributed by atoms with van der Waals surface area (Å²) in [5, 5.41) is 0.325. The molecule has 0 aromatic heterocycles. The highest BCUT2D eigenvalue weighted by molar-refractivity contribution is 6.33. The van der Waals surface area contributed by atoms with Crippen molar-refractivity contribution in [3.8, 4) is 16.9 Å². The van der Waals surface area contributed by atoms with E-state index in [4.69, 9.17) is 17.3 Å². The van der Waals surface area contributed by atoms with Crippen LogP contribution in [0.2, 0.25) is 5.02 Å². The Morgan fingerprint density at radius 2 is 1.75 bits per heavy atom. The molecule has 2 nitrogen and oxygen atoms in total. The highest BCUT2D eigenvalue weighted by atomic mass is 35.5. The molecule has 0 saturated carbocycles. The number of para-hydroxylation sites is 1. The Balaban J connectivity index is 2.47. The van der Waals surface area contributed by atoms with Crippen LogP contribution in [0.3, 0.4) is 0 Å². The van der Waals surface area contributed by atoms with Crippen LogP contribution in [0, 0.1) is 0 Å². The first-order valence-corrected chi connectivity index (χ1v) is 6.12. The Kier molecular flexibility index (Phi) is 4.20. The van der Waals surface area contributed by atoms with Gasteiger partial charge in [-0.2, -0.15) is 0 Å². The molecule has 0 unspecified atom stereocenters. The summed E-state index contributed by atoms with van der Waals surface area (Å²) < 4.78 is 41.2. The van der Waals surface area contributed by atoms with E-state index in [-0.39, 0.29) is 11.3 Å². The van der Waals surface area contributed by atoms with Crippen molar-refractivity contribution in [1.29, 1.82) is 0 Å². The van der Waals surface area contributed by atoms with Crippen molar-refractivity contribution in [2.45, 2.75) is 12.9 Å². The molecule has 6 heteroatoms. The van der Waals surface area contributed by atoms with Gasteiger partial charge in [-0.05, 0) is 17.7 Å². The molecule has 0 aliphatic carbocycles. The zero-order valence-corrected chi connectivity index (χ0v) is 11.0. The molecule has 2 N–H and O–H groups in total. The van der Waals surface area contributed by atoms with Gasteiger partial charge in [-0.15, -0.1) is 13.2 Å². The maximum atomic E-state index is 12.4. The SMILES string of the molecule is NCc1ccc(-c2ccccc2OC(F)(F)F)c(Cl)c1. The zero-order valence-electron chi connectivity index (χ0n) is 10.2. The Morgan fingerprint density at radius 1 is 1.05 bits per heavy atom. The number of hydrogen-bond donors (Lipinski definition) is 1. The zero-order chi connectivity index (χ0) is 14.8. The molecule has 2 aromatic carbocycles. The number of ether oxygens (including phenoxy) is 1. The lowest BCUT2D eigenvalue weighted by atomic mass is 10.0. The normalized spacial score (nSPS) is 11.4. The fourth-order valence-corrected chi connectivity index (χ4v) is 2.11. The standard InChI is InChI=1S/C14H11ClF3NO/c15-12-7-9(8-19)5-6-10(12)11-3-1-2-4-13(11)20-14(16,17)18/h1-7H,8,19H2. The Bertz CT molecular complexity index is 614. The summed E-state index contributed by atoms with van der Waals surface area (Å²) in [7, 11) is 0. The van der Waals surface area contributed by atoms with Crippen LogP contribution in [-0.2, 0) is 6.54 Å². The summed E-state index contributed by atoms with van der Waals surface area (Å²) in [4.78, 5) is 0. The number of rotatable bonds is 3. The molecular weight excluding hydrogens is 291 g/mol. The molecule has 106 valence electrons. The van der Waals surface area contributed by atoms with Gasteiger partial charge in [-0.1, -0.05) is 41.9 Å². The maximum Gasteiger partial charge on any atom is 0.573 e. The van der Waals surface area contributed by atoms with E-state index in [0.29, 0.717) is 17.1 Å². The largest absolute Gasteiger partial charge is 0.573 e. The van der Waals surface area contributed by atoms with Crippen molar-refractivity contribution >= 4 is 11.6 Å². The lowest BCUT2D eigenvalue weighted by molar-refractivity contribution is -0.274. The van der Waals surface area contributed by atoms with Crippen molar-refractivity contribution in [3.05, 3.63) is 53.1 Å². The molecule has 0 radical (unpaired) electrons. The summed E-state index contributed by atoms with van der Waals surface area (Å²) in [5.41, 5.74) is 7.03. The molecule has 0 saturated heterocycles. The van der Waals surface area contributed by atoms with Crippen molar-refractivity contribution in [3.63, 3.8) is 0 Å². The fraction of sp³-hybridized carbons (Fsp3) is 0.143. The molecule has 0 bridgehead atoms. The minimum absolute atomic E-state index is 0.276. The van der Waals surface area contributed by atoms with E-state index in [0.717, 1.165) is 5.56 Å². The van der Waals surface area contributed by atoms with E-state index < -0.39 is 6.36 Å². The van der Waals surface area contributed by atoms with Crippen molar-refractivity contribution < 1.29 is 17.9 Å². The molecule has 0 amide bonds. The quantitative estimate of drug-likeness (QED) is 0.914. The van der Waals surface area contributed by atoms with E-state index in [1.54, 1.807) is 24.3 Å². The number of halogens is 4. The topological polar surface area (TPSA) is 35.2 Å². The summed E-state index contributed by atoms with van der Waals surface area (Å²) in [6.45, 7) is 0.306. The Labute approximate surface area is 118 Å². The van der Waals surface area contributed by atoms with Gasteiger partial charge in [0.15, 0.2) is 0 Å². The first kappa shape index (κ1) is 14.7. The Morgan fingerprint density at radius 3 is 2.35 bits per heavy atom. The van der Waals surface area contributed by atoms with Gasteiger partial charge in [0.05, 0.1) is 0 Å². The maximum absolute atomic E-state index is 12.4. The highest BCUT2D eigenvalue weighted by Gasteiger charge is 2.32. The molecule has 2 rings (SSSR count). The minimum atomic E-state index is -4.75. The minimum Gasteiger partial charge on any atom is -0.405 e. The van der Waals surface area contributed by atoms with E-state index in [9.17, 15) is 13.2 Å². The van der Waals surface area contributed by atoms with E-state index in [1.807, 2.05) is 0 Å². The second-order valence-corrected chi connectivity index (χ2v) is 4.47. The molecule has 20 heavy (non-hydrogen) atoms. The molecular formula is C14H11ClF3NO. The molecule has 0 aliphatic heterocycles. The lowest BCUT2D eigenvalue weighted by Crippen LogP contribution is -2.17. The van der Waals surface area contributed by atoms with Crippen LogP contribution in [0.15, 0.2) is 42.5 Å². The third-order valence-electron chi connectivity index (χ3n) is 2.67. The van der Waals surface area contributed by atoms with Crippen LogP contribution < -0.4 is 10.5 Å². The smallest absolute Gasteiger partial charge is 0.405 e. The van der Waals surface area contributed by atoms with Gasteiger partial charge in [0.25, 0.3) is 0 Å². The number of hydrogen-bond acceptors (Lipinski definition) is 2. The summed E-state index contributed by atoms with van der Waals surface area (Å²) in [6.07, 6.45) is -4.75. The molecule has 2 aromatic rings. The van der Waals surface area contributed by atoms with Crippen LogP contribution in [0.25, 0.3) is 11.1 Å². The number of alkyl halides is 3. The number of nitrogens with two attached hydrogens (primary N) is 1. The van der Waals surface area contributed by atoms with Crippen LogP contribution in [0.4, 0.5) is 13.2 Å². The van der Waals surface area contributed by atoms with E-state index in [1.165, 1.54) is 18.2 Å². The van der Waals surface area contributed by atoms with Gasteiger partial charge in [0.2, 0.25) is 0 Å². The number of benzene rings is 2. The van der Waals surface area contributed by atoms with Crippen LogP contribution in [0.5, 0.6) is 5.75 Å². The van der Waals surface area contributed by atoms with Crippen molar-refractivity contribution in [1.82, 2.24) is 0 Å². The highest BCUT2D eigenvalue weighted by Crippen LogP contribution is 2.37. The second-order valence-electron chi connectivity index (χ2n) is 4.06. The first-order valence-electron chi connectivity index (χ1n) is 5.74. The second kappa shape index (κ2) is 5.73. The summed E-state index contributed by atoms with van der Waals surface area (Å²) in [6, 6.07) is 10.8. The fourth-order valence-electron chi connectivity index (χ4n) is 1.81. The first-order chi connectivity index (χ1) is 9.40. The van der Waals surface area contributed by atoms with Crippen LogP contribution in [-0.4, -0.2) is 6.36 Å². The summed E-state index contributed by atoms with van der Waals surface area (Å²) in [5.74, 6) is -0.289. The van der Waals surface area contributed by atoms with Gasteiger partial charge in [-0.25, -0.2) is 0 Å². The lowest BCUT2D eigenvalue weighted by Gasteiger charge is -2.14. The van der Waals surface area contributed by atoms with Gasteiger partial charge in [0, 0.05) is 22.7 Å². The molecule has 0 aliphatic rings. The van der Waals surface area contributed by atoms with E-state index in [2.05, 4.69) is 4.74 Å². The molecule has 0 heterocycles.